The number of fused-ring (bicyclic) bond motifs is 1. The van der Waals surface area contributed by atoms with Gasteiger partial charge in [-0.2, -0.15) is 0 Å². The monoisotopic (exact) mass is 266 g/mol. The number of ether oxygens (including phenoxy) is 1. The predicted octanol–water partition coefficient (Wildman–Crippen LogP) is 3.59. The highest BCUT2D eigenvalue weighted by molar-refractivity contribution is 5.85. The van der Waals surface area contributed by atoms with Crippen LogP contribution < -0.4 is 10.5 Å². The van der Waals surface area contributed by atoms with E-state index < -0.39 is 0 Å². The Morgan fingerprint density at radius 1 is 1.22 bits per heavy atom. The van der Waals surface area contributed by atoms with Crippen LogP contribution in [0.4, 0.5) is 5.82 Å². The Morgan fingerprint density at radius 3 is 2.67 bits per heavy atom. The molecular formula is C14H19ClN2O. The molecule has 0 bridgehead atoms. The average Bonchev–Trinajstić information content (AvgIpc) is 2.31. The van der Waals surface area contributed by atoms with E-state index in [9.17, 15) is 0 Å². The standard InChI is InChI=1S/C14H18N2O.ClH/c1-3-5-10-8-11-9-12(17-4-2)6-7-13(11)16-14(10)15;/h6-9H,3-5H2,1-2H3,(H2,15,16);1H. The molecule has 18 heavy (non-hydrogen) atoms. The normalized spacial score (nSPS) is 10.1. The fraction of sp³-hybridized carbons (Fsp3) is 0.357. The minimum absolute atomic E-state index is 0. The van der Waals surface area contributed by atoms with Crippen molar-refractivity contribution in [2.24, 2.45) is 0 Å². The summed E-state index contributed by atoms with van der Waals surface area (Å²) in [6.45, 7) is 4.80. The summed E-state index contributed by atoms with van der Waals surface area (Å²) in [6, 6.07) is 8.01. The lowest BCUT2D eigenvalue weighted by atomic mass is 10.1. The predicted molar refractivity (Wildman–Crippen MR) is 78.6 cm³/mol. The molecule has 0 spiro atoms. The third kappa shape index (κ3) is 3.05. The zero-order valence-corrected chi connectivity index (χ0v) is 11.6. The van der Waals surface area contributed by atoms with Crippen LogP contribution in [-0.4, -0.2) is 11.6 Å². The summed E-state index contributed by atoms with van der Waals surface area (Å²) in [5.41, 5.74) is 7.97. The van der Waals surface area contributed by atoms with Gasteiger partial charge in [0.05, 0.1) is 12.1 Å². The van der Waals surface area contributed by atoms with Crippen molar-refractivity contribution in [3.05, 3.63) is 29.8 Å². The zero-order chi connectivity index (χ0) is 12.3. The summed E-state index contributed by atoms with van der Waals surface area (Å²) in [6.07, 6.45) is 2.04. The lowest BCUT2D eigenvalue weighted by Crippen LogP contribution is -1.98. The third-order valence-corrected chi connectivity index (χ3v) is 2.73. The maximum absolute atomic E-state index is 5.93. The van der Waals surface area contributed by atoms with Gasteiger partial charge in [-0.15, -0.1) is 12.4 Å². The zero-order valence-electron chi connectivity index (χ0n) is 10.8. The van der Waals surface area contributed by atoms with E-state index >= 15 is 0 Å². The lowest BCUT2D eigenvalue weighted by molar-refractivity contribution is 0.340. The van der Waals surface area contributed by atoms with Gasteiger partial charge in [-0.25, -0.2) is 4.98 Å². The fourth-order valence-corrected chi connectivity index (χ4v) is 1.94. The maximum atomic E-state index is 5.93. The number of nitrogens with zero attached hydrogens (tertiary/aromatic N) is 1. The van der Waals surface area contributed by atoms with Crippen molar-refractivity contribution in [1.29, 1.82) is 0 Å². The molecule has 0 unspecified atom stereocenters. The summed E-state index contributed by atoms with van der Waals surface area (Å²) < 4.78 is 5.49. The Hall–Kier alpha value is -1.48. The second-order valence-corrected chi connectivity index (χ2v) is 4.07. The Morgan fingerprint density at radius 2 is 2.00 bits per heavy atom. The molecule has 0 fully saturated rings. The number of pyridine rings is 1. The molecule has 2 rings (SSSR count). The Balaban J connectivity index is 0.00000162. The van der Waals surface area contributed by atoms with Gasteiger partial charge in [-0.3, -0.25) is 0 Å². The van der Waals surface area contributed by atoms with Crippen LogP contribution in [-0.2, 0) is 6.42 Å². The molecule has 0 amide bonds. The van der Waals surface area contributed by atoms with Crippen molar-refractivity contribution < 1.29 is 4.74 Å². The van der Waals surface area contributed by atoms with Gasteiger partial charge in [0, 0.05) is 5.39 Å². The number of anilines is 1. The minimum Gasteiger partial charge on any atom is -0.494 e. The Kier molecular flexibility index (Phi) is 5.23. The molecule has 0 saturated heterocycles. The van der Waals surface area contributed by atoms with Gasteiger partial charge >= 0.3 is 0 Å². The highest BCUT2D eigenvalue weighted by Gasteiger charge is 2.04. The highest BCUT2D eigenvalue weighted by Crippen LogP contribution is 2.23. The molecule has 4 heteroatoms. The van der Waals surface area contributed by atoms with Crippen LogP contribution in [0.5, 0.6) is 5.75 Å². The number of hydrogen-bond acceptors (Lipinski definition) is 3. The van der Waals surface area contributed by atoms with E-state index in [0.29, 0.717) is 12.4 Å². The van der Waals surface area contributed by atoms with Gasteiger partial charge in [0.1, 0.15) is 11.6 Å². The molecule has 2 aromatic rings. The van der Waals surface area contributed by atoms with Crippen LogP contribution in [0.3, 0.4) is 0 Å². The number of aryl methyl sites for hydroxylation is 1. The average molecular weight is 267 g/mol. The first-order valence-corrected chi connectivity index (χ1v) is 6.06. The molecule has 3 nitrogen and oxygen atoms in total. The first-order chi connectivity index (χ1) is 8.24. The van der Waals surface area contributed by atoms with Gasteiger partial charge in [-0.05, 0) is 43.2 Å². The summed E-state index contributed by atoms with van der Waals surface area (Å²) >= 11 is 0. The van der Waals surface area contributed by atoms with Crippen molar-refractivity contribution >= 4 is 29.1 Å². The molecule has 1 aromatic heterocycles. The molecule has 98 valence electrons. The fourth-order valence-electron chi connectivity index (χ4n) is 1.94. The second kappa shape index (κ2) is 6.45. The van der Waals surface area contributed by atoms with E-state index in [1.807, 2.05) is 25.1 Å². The summed E-state index contributed by atoms with van der Waals surface area (Å²) in [5.74, 6) is 1.53. The first kappa shape index (κ1) is 14.6. The molecule has 0 atom stereocenters. The minimum atomic E-state index is 0. The van der Waals surface area contributed by atoms with Crippen LogP contribution in [0.1, 0.15) is 25.8 Å². The number of nitrogens with two attached hydrogens (primary N) is 1. The molecule has 1 aromatic carbocycles. The van der Waals surface area contributed by atoms with Crippen LogP contribution in [0.25, 0.3) is 10.9 Å². The number of benzene rings is 1. The quantitative estimate of drug-likeness (QED) is 0.920. The summed E-state index contributed by atoms with van der Waals surface area (Å²) in [4.78, 5) is 4.42. The highest BCUT2D eigenvalue weighted by atomic mass is 35.5. The first-order valence-electron chi connectivity index (χ1n) is 6.06. The maximum Gasteiger partial charge on any atom is 0.127 e. The van der Waals surface area contributed by atoms with Crippen LogP contribution in [0, 0.1) is 0 Å². The van der Waals surface area contributed by atoms with Gasteiger partial charge < -0.3 is 10.5 Å². The van der Waals surface area contributed by atoms with Gasteiger partial charge in [0.25, 0.3) is 0 Å². The summed E-state index contributed by atoms with van der Waals surface area (Å²) in [7, 11) is 0. The third-order valence-electron chi connectivity index (χ3n) is 2.73. The van der Waals surface area contributed by atoms with Crippen molar-refractivity contribution in [3.63, 3.8) is 0 Å². The van der Waals surface area contributed by atoms with Crippen LogP contribution in [0.15, 0.2) is 24.3 Å². The summed E-state index contributed by atoms with van der Waals surface area (Å²) in [5, 5.41) is 1.09. The second-order valence-electron chi connectivity index (χ2n) is 4.07. The Labute approximate surface area is 114 Å². The van der Waals surface area contributed by atoms with E-state index in [1.165, 1.54) is 0 Å². The number of aromatic nitrogens is 1. The van der Waals surface area contributed by atoms with Crippen LogP contribution >= 0.6 is 12.4 Å². The number of halogens is 1. The lowest BCUT2D eigenvalue weighted by Gasteiger charge is -2.08. The van der Waals surface area contributed by atoms with E-state index in [0.717, 1.165) is 35.1 Å². The van der Waals surface area contributed by atoms with Crippen molar-refractivity contribution in [3.8, 4) is 5.75 Å². The van der Waals surface area contributed by atoms with Crippen molar-refractivity contribution in [2.45, 2.75) is 26.7 Å². The largest absolute Gasteiger partial charge is 0.494 e. The molecular weight excluding hydrogens is 248 g/mol. The molecule has 0 aliphatic heterocycles. The van der Waals surface area contributed by atoms with E-state index in [1.54, 1.807) is 0 Å². The van der Waals surface area contributed by atoms with Crippen molar-refractivity contribution in [2.75, 3.05) is 12.3 Å². The molecule has 1 heterocycles. The van der Waals surface area contributed by atoms with E-state index in [2.05, 4.69) is 18.0 Å². The molecule has 0 aliphatic carbocycles. The topological polar surface area (TPSA) is 48.1 Å². The van der Waals surface area contributed by atoms with E-state index in [-0.39, 0.29) is 12.4 Å². The molecule has 2 N–H and O–H groups in total. The van der Waals surface area contributed by atoms with Crippen molar-refractivity contribution in [1.82, 2.24) is 4.98 Å². The molecule has 0 aliphatic rings. The molecule has 0 radical (unpaired) electrons. The van der Waals surface area contributed by atoms with Gasteiger partial charge in [0.15, 0.2) is 0 Å². The smallest absolute Gasteiger partial charge is 0.127 e. The van der Waals surface area contributed by atoms with Crippen LogP contribution in [0.2, 0.25) is 0 Å². The SMILES string of the molecule is CCCc1cc2cc(OCC)ccc2nc1N.Cl. The number of hydrogen-bond donors (Lipinski definition) is 1. The van der Waals surface area contributed by atoms with Gasteiger partial charge in [-0.1, -0.05) is 13.3 Å². The Bertz CT molecular complexity index is 528. The number of rotatable bonds is 4. The van der Waals surface area contributed by atoms with E-state index in [4.69, 9.17) is 10.5 Å². The number of nitrogen functional groups attached to an aromatic ring is 1. The van der Waals surface area contributed by atoms with Gasteiger partial charge in [0.2, 0.25) is 0 Å². The molecule has 0 saturated carbocycles.